The van der Waals surface area contributed by atoms with E-state index in [2.05, 4.69) is 0 Å². The maximum Gasteiger partial charge on any atom is 0.315 e. The molecule has 0 aliphatic rings. The second-order valence-corrected chi connectivity index (χ2v) is 4.82. The molecule has 1 atom stereocenters. The standard InChI is InChI=1S/C15H23NO3/c1-3-9-19-10-8-15(11-16,14(17)18)13-6-4-12(2)5-7-13/h4-7H,3,8-11,16H2,1-2H3,(H,17,18). The molecule has 0 aliphatic carbocycles. The van der Waals surface area contributed by atoms with Crippen molar-refractivity contribution in [3.63, 3.8) is 0 Å². The van der Waals surface area contributed by atoms with Gasteiger partial charge >= 0.3 is 5.97 Å². The highest BCUT2D eigenvalue weighted by Crippen LogP contribution is 2.28. The molecule has 0 radical (unpaired) electrons. The average Bonchev–Trinajstić information content (AvgIpc) is 2.40. The monoisotopic (exact) mass is 265 g/mol. The van der Waals surface area contributed by atoms with Gasteiger partial charge in [0.1, 0.15) is 5.41 Å². The van der Waals surface area contributed by atoms with Crippen LogP contribution in [0.4, 0.5) is 0 Å². The van der Waals surface area contributed by atoms with Crippen LogP contribution in [0.3, 0.4) is 0 Å². The Bertz CT molecular complexity index is 402. The Morgan fingerprint density at radius 2 is 1.95 bits per heavy atom. The van der Waals surface area contributed by atoms with Crippen molar-refractivity contribution in [2.75, 3.05) is 19.8 Å². The molecule has 0 aromatic heterocycles. The Morgan fingerprint density at radius 3 is 2.42 bits per heavy atom. The van der Waals surface area contributed by atoms with Gasteiger partial charge in [-0.05, 0) is 25.3 Å². The fourth-order valence-electron chi connectivity index (χ4n) is 2.05. The molecule has 0 spiro atoms. The van der Waals surface area contributed by atoms with E-state index < -0.39 is 11.4 Å². The van der Waals surface area contributed by atoms with E-state index in [0.717, 1.165) is 17.5 Å². The molecule has 3 N–H and O–H groups in total. The number of carboxylic acid groups (broad SMARTS) is 1. The fourth-order valence-corrected chi connectivity index (χ4v) is 2.05. The smallest absolute Gasteiger partial charge is 0.315 e. The van der Waals surface area contributed by atoms with Gasteiger partial charge in [-0.3, -0.25) is 4.79 Å². The summed E-state index contributed by atoms with van der Waals surface area (Å²) in [5, 5.41) is 9.57. The molecule has 0 saturated heterocycles. The Hall–Kier alpha value is -1.39. The molecule has 1 aromatic carbocycles. The molecule has 0 amide bonds. The van der Waals surface area contributed by atoms with Crippen LogP contribution in [0.25, 0.3) is 0 Å². The lowest BCUT2D eigenvalue weighted by molar-refractivity contribution is -0.144. The summed E-state index contributed by atoms with van der Waals surface area (Å²) >= 11 is 0. The molecule has 4 nitrogen and oxygen atoms in total. The summed E-state index contributed by atoms with van der Waals surface area (Å²) in [6.07, 6.45) is 1.31. The molecule has 1 rings (SSSR count). The van der Waals surface area contributed by atoms with Crippen LogP contribution in [-0.2, 0) is 14.9 Å². The normalized spacial score (nSPS) is 14.1. The molecule has 1 unspecified atom stereocenters. The summed E-state index contributed by atoms with van der Waals surface area (Å²) in [7, 11) is 0. The molecule has 1 aromatic rings. The van der Waals surface area contributed by atoms with Crippen LogP contribution in [0.1, 0.15) is 30.9 Å². The first-order valence-corrected chi connectivity index (χ1v) is 6.65. The molecule has 0 heterocycles. The lowest BCUT2D eigenvalue weighted by Crippen LogP contribution is -2.44. The highest BCUT2D eigenvalue weighted by Gasteiger charge is 2.38. The largest absolute Gasteiger partial charge is 0.481 e. The van der Waals surface area contributed by atoms with E-state index in [9.17, 15) is 9.90 Å². The van der Waals surface area contributed by atoms with E-state index in [4.69, 9.17) is 10.5 Å². The second kappa shape index (κ2) is 7.26. The number of nitrogens with two attached hydrogens (primary N) is 1. The minimum atomic E-state index is -1.05. The first-order valence-electron chi connectivity index (χ1n) is 6.65. The van der Waals surface area contributed by atoms with Crippen LogP contribution in [0.5, 0.6) is 0 Å². The van der Waals surface area contributed by atoms with Gasteiger partial charge in [0.2, 0.25) is 0 Å². The van der Waals surface area contributed by atoms with Crippen molar-refractivity contribution in [2.45, 2.75) is 32.1 Å². The minimum Gasteiger partial charge on any atom is -0.481 e. The molecular weight excluding hydrogens is 242 g/mol. The van der Waals surface area contributed by atoms with Gasteiger partial charge in [-0.25, -0.2) is 0 Å². The van der Waals surface area contributed by atoms with E-state index >= 15 is 0 Å². The van der Waals surface area contributed by atoms with Gasteiger partial charge in [-0.15, -0.1) is 0 Å². The van der Waals surface area contributed by atoms with Gasteiger partial charge in [-0.1, -0.05) is 36.8 Å². The Labute approximate surface area is 114 Å². The van der Waals surface area contributed by atoms with Gasteiger partial charge < -0.3 is 15.6 Å². The second-order valence-electron chi connectivity index (χ2n) is 4.82. The topological polar surface area (TPSA) is 72.5 Å². The molecule has 0 saturated carbocycles. The van der Waals surface area contributed by atoms with Crippen molar-refractivity contribution in [2.24, 2.45) is 5.73 Å². The number of benzene rings is 1. The van der Waals surface area contributed by atoms with E-state index in [1.54, 1.807) is 0 Å². The molecule has 0 fully saturated rings. The number of hydrogen-bond acceptors (Lipinski definition) is 3. The summed E-state index contributed by atoms with van der Waals surface area (Å²) in [5.74, 6) is -0.890. The fraction of sp³-hybridized carbons (Fsp3) is 0.533. The van der Waals surface area contributed by atoms with Gasteiger partial charge in [0.15, 0.2) is 0 Å². The van der Waals surface area contributed by atoms with Crippen LogP contribution < -0.4 is 5.73 Å². The van der Waals surface area contributed by atoms with Crippen molar-refractivity contribution in [3.8, 4) is 0 Å². The third-order valence-electron chi connectivity index (χ3n) is 3.38. The quantitative estimate of drug-likeness (QED) is 0.706. The van der Waals surface area contributed by atoms with Gasteiger partial charge in [0.05, 0.1) is 0 Å². The highest BCUT2D eigenvalue weighted by molar-refractivity contribution is 5.81. The maximum atomic E-state index is 11.7. The first-order chi connectivity index (χ1) is 9.06. The lowest BCUT2D eigenvalue weighted by atomic mass is 9.77. The number of hydrogen-bond donors (Lipinski definition) is 2. The number of aryl methyl sites for hydroxylation is 1. The number of carboxylic acids is 1. The van der Waals surface area contributed by atoms with Crippen molar-refractivity contribution in [3.05, 3.63) is 35.4 Å². The van der Waals surface area contributed by atoms with Crippen LogP contribution in [0.15, 0.2) is 24.3 Å². The number of rotatable bonds is 8. The van der Waals surface area contributed by atoms with Crippen molar-refractivity contribution < 1.29 is 14.6 Å². The Morgan fingerprint density at radius 1 is 1.32 bits per heavy atom. The molecule has 19 heavy (non-hydrogen) atoms. The summed E-state index contributed by atoms with van der Waals surface area (Å²) in [4.78, 5) is 11.7. The van der Waals surface area contributed by atoms with Crippen LogP contribution >= 0.6 is 0 Å². The molecule has 0 bridgehead atoms. The number of carbonyl (C=O) groups is 1. The third kappa shape index (κ3) is 3.78. The van der Waals surface area contributed by atoms with Crippen LogP contribution in [-0.4, -0.2) is 30.8 Å². The van der Waals surface area contributed by atoms with Crippen molar-refractivity contribution in [1.82, 2.24) is 0 Å². The number of aliphatic carboxylic acids is 1. The summed E-state index contributed by atoms with van der Waals surface area (Å²) in [6, 6.07) is 7.51. The van der Waals surface area contributed by atoms with Crippen LogP contribution in [0, 0.1) is 6.92 Å². The molecule has 0 aliphatic heterocycles. The third-order valence-corrected chi connectivity index (χ3v) is 3.38. The summed E-state index contributed by atoms with van der Waals surface area (Å²) in [6.45, 7) is 5.12. The highest BCUT2D eigenvalue weighted by atomic mass is 16.5. The minimum absolute atomic E-state index is 0.0703. The molecule has 4 heteroatoms. The van der Waals surface area contributed by atoms with E-state index in [1.807, 2.05) is 38.1 Å². The Balaban J connectivity index is 2.91. The zero-order chi connectivity index (χ0) is 14.3. The van der Waals surface area contributed by atoms with Crippen molar-refractivity contribution in [1.29, 1.82) is 0 Å². The van der Waals surface area contributed by atoms with Gasteiger partial charge in [-0.2, -0.15) is 0 Å². The lowest BCUT2D eigenvalue weighted by Gasteiger charge is -2.28. The SMILES string of the molecule is CCCOCCC(CN)(C(=O)O)c1ccc(C)cc1. The van der Waals surface area contributed by atoms with E-state index in [-0.39, 0.29) is 6.54 Å². The predicted molar refractivity (Wildman–Crippen MR) is 75.3 cm³/mol. The Kier molecular flexibility index (Phi) is 5.99. The van der Waals surface area contributed by atoms with E-state index in [0.29, 0.717) is 19.6 Å². The summed E-state index contributed by atoms with van der Waals surface area (Å²) < 4.78 is 5.42. The maximum absolute atomic E-state index is 11.7. The molecule has 106 valence electrons. The zero-order valence-electron chi connectivity index (χ0n) is 11.7. The van der Waals surface area contributed by atoms with E-state index in [1.165, 1.54) is 0 Å². The van der Waals surface area contributed by atoms with Crippen molar-refractivity contribution >= 4 is 5.97 Å². The zero-order valence-corrected chi connectivity index (χ0v) is 11.7. The molecular formula is C15H23NO3. The van der Waals surface area contributed by atoms with Gasteiger partial charge in [0.25, 0.3) is 0 Å². The first kappa shape index (κ1) is 15.7. The predicted octanol–water partition coefficient (Wildman–Crippen LogP) is 2.09. The average molecular weight is 265 g/mol. The number of ether oxygens (including phenoxy) is 1. The summed E-state index contributed by atoms with van der Waals surface area (Å²) in [5.41, 5.74) is 6.55. The van der Waals surface area contributed by atoms with Crippen LogP contribution in [0.2, 0.25) is 0 Å². The van der Waals surface area contributed by atoms with Gasteiger partial charge in [0, 0.05) is 19.8 Å².